The highest BCUT2D eigenvalue weighted by molar-refractivity contribution is 5.51. The molecule has 0 aliphatic rings. The molecule has 4 heteroatoms. The van der Waals surface area contributed by atoms with Crippen LogP contribution in [0.4, 0.5) is 0 Å². The largest absolute Gasteiger partial charge is 0.264 e. The summed E-state index contributed by atoms with van der Waals surface area (Å²) in [7, 11) is 0. The molecule has 0 aliphatic heterocycles. The van der Waals surface area contributed by atoms with Crippen molar-refractivity contribution in [2.75, 3.05) is 0 Å². The maximum absolute atomic E-state index is 4.04. The van der Waals surface area contributed by atoms with Gasteiger partial charge in [0.2, 0.25) is 0 Å². The van der Waals surface area contributed by atoms with Gasteiger partial charge in [-0.3, -0.25) is 4.98 Å². The molecule has 2 rings (SSSR count). The van der Waals surface area contributed by atoms with E-state index in [2.05, 4.69) is 20.2 Å². The quantitative estimate of drug-likeness (QED) is 0.619. The van der Waals surface area contributed by atoms with E-state index in [1.807, 2.05) is 12.1 Å². The van der Waals surface area contributed by atoms with Crippen molar-refractivity contribution in [3.05, 3.63) is 36.9 Å². The highest BCUT2D eigenvalue weighted by Crippen LogP contribution is 2.08. The van der Waals surface area contributed by atoms with E-state index in [1.165, 1.54) is 0 Å². The van der Waals surface area contributed by atoms with Gasteiger partial charge < -0.3 is 0 Å². The summed E-state index contributed by atoms with van der Waals surface area (Å²) >= 11 is 0. The zero-order valence-electron chi connectivity index (χ0n) is 6.25. The minimum Gasteiger partial charge on any atom is -0.264 e. The molecule has 2 heterocycles. The summed E-state index contributed by atoms with van der Waals surface area (Å²) in [6.07, 6.45) is 6.56. The minimum absolute atomic E-state index is 0.602. The van der Waals surface area contributed by atoms with Gasteiger partial charge in [-0.1, -0.05) is 0 Å². The van der Waals surface area contributed by atoms with Crippen molar-refractivity contribution in [2.45, 2.75) is 0 Å². The summed E-state index contributed by atoms with van der Waals surface area (Å²) in [4.78, 5) is 7.99. The third-order valence-corrected chi connectivity index (χ3v) is 1.40. The molecule has 2 aromatic rings. The second-order valence-electron chi connectivity index (χ2n) is 2.21. The van der Waals surface area contributed by atoms with Gasteiger partial charge in [-0.25, -0.2) is 4.98 Å². The number of aromatic nitrogens is 4. The first kappa shape index (κ1) is 6.84. The van der Waals surface area contributed by atoms with Crippen molar-refractivity contribution in [3.63, 3.8) is 0 Å². The molecule has 0 saturated heterocycles. The highest BCUT2D eigenvalue weighted by Gasteiger charge is 1.97. The van der Waals surface area contributed by atoms with Crippen molar-refractivity contribution in [1.29, 1.82) is 0 Å². The summed E-state index contributed by atoms with van der Waals surface area (Å²) < 4.78 is 0. The van der Waals surface area contributed by atoms with E-state index in [9.17, 15) is 0 Å². The maximum atomic E-state index is 4.04. The summed E-state index contributed by atoms with van der Waals surface area (Å²) in [5.41, 5.74) is 0.880. The van der Waals surface area contributed by atoms with Gasteiger partial charge in [0, 0.05) is 24.2 Å². The first-order chi connectivity index (χ1) is 5.97. The molecule has 0 amide bonds. The van der Waals surface area contributed by atoms with Gasteiger partial charge in [0.15, 0.2) is 5.82 Å². The van der Waals surface area contributed by atoms with Crippen molar-refractivity contribution >= 4 is 0 Å². The number of hydrogen-bond acceptors (Lipinski definition) is 4. The van der Waals surface area contributed by atoms with E-state index in [1.54, 1.807) is 24.8 Å². The fourth-order valence-corrected chi connectivity index (χ4v) is 0.875. The van der Waals surface area contributed by atoms with Gasteiger partial charge in [-0.05, 0) is 12.1 Å². The third kappa shape index (κ3) is 1.27. The van der Waals surface area contributed by atoms with Crippen molar-refractivity contribution in [3.8, 4) is 11.4 Å². The molecule has 58 valence electrons. The lowest BCUT2D eigenvalue weighted by atomic mass is 10.3. The molecule has 0 N–H and O–H groups in total. The van der Waals surface area contributed by atoms with Crippen LogP contribution in [0.5, 0.6) is 0 Å². The number of pyridine rings is 1. The van der Waals surface area contributed by atoms with Crippen LogP contribution in [-0.2, 0) is 0 Å². The molecule has 0 unspecified atom stereocenters. The standard InChI is InChI=1S/C8H6N4/c1-2-7(6-9-3-1)8-10-4-5-11-12-8/h1-6H. The molecule has 2 aromatic heterocycles. The summed E-state index contributed by atoms with van der Waals surface area (Å²) in [6, 6.07) is 3.73. The smallest absolute Gasteiger partial charge is 0.183 e. The van der Waals surface area contributed by atoms with E-state index in [0.717, 1.165) is 5.56 Å². The van der Waals surface area contributed by atoms with Crippen LogP contribution in [0.2, 0.25) is 0 Å². The average Bonchev–Trinajstić information content (AvgIpc) is 2.21. The van der Waals surface area contributed by atoms with Crippen LogP contribution in [0.1, 0.15) is 0 Å². The Balaban J connectivity index is 2.46. The van der Waals surface area contributed by atoms with Crippen molar-refractivity contribution < 1.29 is 0 Å². The predicted octanol–water partition coefficient (Wildman–Crippen LogP) is 0.934. The highest BCUT2D eigenvalue weighted by atomic mass is 15.1. The summed E-state index contributed by atoms with van der Waals surface area (Å²) in [6.45, 7) is 0. The summed E-state index contributed by atoms with van der Waals surface area (Å²) in [5.74, 6) is 0.602. The Hall–Kier alpha value is -1.84. The van der Waals surface area contributed by atoms with E-state index in [0.29, 0.717) is 5.82 Å². The van der Waals surface area contributed by atoms with Crippen LogP contribution in [0.25, 0.3) is 11.4 Å². The van der Waals surface area contributed by atoms with E-state index < -0.39 is 0 Å². The molecule has 0 bridgehead atoms. The zero-order chi connectivity index (χ0) is 8.23. The van der Waals surface area contributed by atoms with E-state index >= 15 is 0 Å². The van der Waals surface area contributed by atoms with Crippen LogP contribution in [0.15, 0.2) is 36.9 Å². The van der Waals surface area contributed by atoms with E-state index in [-0.39, 0.29) is 0 Å². The van der Waals surface area contributed by atoms with Crippen molar-refractivity contribution in [2.24, 2.45) is 0 Å². The first-order valence-corrected chi connectivity index (χ1v) is 3.51. The average molecular weight is 158 g/mol. The molecular weight excluding hydrogens is 152 g/mol. The van der Waals surface area contributed by atoms with Crippen LogP contribution in [0, 0.1) is 0 Å². The molecular formula is C8H6N4. The fourth-order valence-electron chi connectivity index (χ4n) is 0.875. The Kier molecular flexibility index (Phi) is 1.74. The molecule has 0 fully saturated rings. The molecule has 0 aromatic carbocycles. The number of hydrogen-bond donors (Lipinski definition) is 0. The lowest BCUT2D eigenvalue weighted by molar-refractivity contribution is 0.978. The molecule has 4 nitrogen and oxygen atoms in total. The second kappa shape index (κ2) is 3.04. The van der Waals surface area contributed by atoms with Gasteiger partial charge in [0.25, 0.3) is 0 Å². The zero-order valence-corrected chi connectivity index (χ0v) is 6.25. The lowest BCUT2D eigenvalue weighted by Gasteiger charge is -1.94. The van der Waals surface area contributed by atoms with Gasteiger partial charge >= 0.3 is 0 Å². The Bertz CT molecular complexity index is 308. The molecule has 0 atom stereocenters. The maximum Gasteiger partial charge on any atom is 0.183 e. The Morgan fingerprint density at radius 2 is 2.08 bits per heavy atom. The fraction of sp³-hybridized carbons (Fsp3) is 0. The monoisotopic (exact) mass is 158 g/mol. The molecule has 0 radical (unpaired) electrons. The van der Waals surface area contributed by atoms with Gasteiger partial charge in [0.1, 0.15) is 0 Å². The SMILES string of the molecule is c1cncc(-c2nccnn2)c1. The Morgan fingerprint density at radius 3 is 2.75 bits per heavy atom. The number of nitrogens with zero attached hydrogens (tertiary/aromatic N) is 4. The summed E-state index contributed by atoms with van der Waals surface area (Å²) in [5, 5.41) is 7.57. The normalized spacial score (nSPS) is 9.67. The Morgan fingerprint density at radius 1 is 1.08 bits per heavy atom. The third-order valence-electron chi connectivity index (χ3n) is 1.40. The van der Waals surface area contributed by atoms with Crippen LogP contribution >= 0.6 is 0 Å². The molecule has 0 aliphatic carbocycles. The topological polar surface area (TPSA) is 51.6 Å². The Labute approximate surface area is 69.3 Å². The van der Waals surface area contributed by atoms with Crippen molar-refractivity contribution in [1.82, 2.24) is 20.2 Å². The molecule has 0 saturated carbocycles. The minimum atomic E-state index is 0.602. The van der Waals surface area contributed by atoms with Crippen LogP contribution in [-0.4, -0.2) is 20.2 Å². The van der Waals surface area contributed by atoms with E-state index in [4.69, 9.17) is 0 Å². The first-order valence-electron chi connectivity index (χ1n) is 3.51. The molecule has 0 spiro atoms. The van der Waals surface area contributed by atoms with Gasteiger partial charge in [-0.15, -0.1) is 5.10 Å². The second-order valence-corrected chi connectivity index (χ2v) is 2.21. The lowest BCUT2D eigenvalue weighted by Crippen LogP contribution is -1.89. The number of rotatable bonds is 1. The molecule has 12 heavy (non-hydrogen) atoms. The van der Waals surface area contributed by atoms with Gasteiger partial charge in [-0.2, -0.15) is 5.10 Å². The van der Waals surface area contributed by atoms with Crippen LogP contribution < -0.4 is 0 Å². The van der Waals surface area contributed by atoms with Crippen LogP contribution in [0.3, 0.4) is 0 Å². The van der Waals surface area contributed by atoms with Gasteiger partial charge in [0.05, 0.1) is 6.20 Å². The predicted molar refractivity (Wildman–Crippen MR) is 43.1 cm³/mol.